The number of carbonyl (C=O) groups excluding carboxylic acids is 1. The number of para-hydroxylation sites is 1. The maximum absolute atomic E-state index is 12.2. The molecule has 2 aromatic carbocycles. The number of benzene rings is 2. The van der Waals surface area contributed by atoms with Crippen LogP contribution in [0.2, 0.25) is 0 Å². The number of hydrogen-bond donors (Lipinski definition) is 3. The van der Waals surface area contributed by atoms with Crippen molar-refractivity contribution in [2.45, 2.75) is 31.4 Å². The fourth-order valence-electron chi connectivity index (χ4n) is 3.00. The highest BCUT2D eigenvalue weighted by Crippen LogP contribution is 2.31. The molecule has 0 aliphatic heterocycles. The van der Waals surface area contributed by atoms with E-state index in [1.807, 2.05) is 48.5 Å². The Morgan fingerprint density at radius 1 is 1.17 bits per heavy atom. The molecule has 1 amide bonds. The van der Waals surface area contributed by atoms with Crippen molar-refractivity contribution in [1.29, 1.82) is 0 Å². The van der Waals surface area contributed by atoms with Crippen molar-refractivity contribution in [1.82, 2.24) is 5.32 Å². The highest BCUT2D eigenvalue weighted by Gasteiger charge is 2.31. The summed E-state index contributed by atoms with van der Waals surface area (Å²) in [7, 11) is 0. The number of nitrogen functional groups attached to an aromatic ring is 1. The summed E-state index contributed by atoms with van der Waals surface area (Å²) in [5.41, 5.74) is 9.69. The van der Waals surface area contributed by atoms with Gasteiger partial charge in [0.05, 0.1) is 12.1 Å². The number of aliphatic hydroxyl groups is 1. The molecule has 1 aliphatic carbocycles. The number of nitrogens with one attached hydrogen (secondary N) is 1. The molecule has 0 aromatic heterocycles. The third-order valence-electron chi connectivity index (χ3n) is 4.20. The van der Waals surface area contributed by atoms with Gasteiger partial charge in [0.2, 0.25) is 5.91 Å². The Labute approximate surface area is 142 Å². The van der Waals surface area contributed by atoms with Crippen LogP contribution in [0, 0.1) is 0 Å². The number of nitrogens with two attached hydrogens (primary N) is 1. The fraction of sp³-hybridized carbons (Fsp3) is 0.278. The average Bonchev–Trinajstić information content (AvgIpc) is 2.83. The first kappa shape index (κ1) is 17.3. The van der Waals surface area contributed by atoms with Crippen molar-refractivity contribution in [2.75, 3.05) is 5.73 Å². The summed E-state index contributed by atoms with van der Waals surface area (Å²) in [6.07, 6.45) is 0.998. The van der Waals surface area contributed by atoms with Crippen molar-refractivity contribution < 1.29 is 9.90 Å². The number of fused-ring (bicyclic) bond motifs is 1. The van der Waals surface area contributed by atoms with Crippen molar-refractivity contribution in [3.8, 4) is 0 Å². The van der Waals surface area contributed by atoms with Gasteiger partial charge in [-0.05, 0) is 29.2 Å². The smallest absolute Gasteiger partial charge is 0.220 e. The van der Waals surface area contributed by atoms with Crippen molar-refractivity contribution in [3.05, 3.63) is 65.2 Å². The molecule has 122 valence electrons. The molecule has 0 saturated heterocycles. The van der Waals surface area contributed by atoms with Gasteiger partial charge in [-0.15, -0.1) is 12.4 Å². The number of aryl methyl sites for hydroxylation is 1. The Kier molecular flexibility index (Phi) is 5.64. The van der Waals surface area contributed by atoms with Crippen LogP contribution in [0.4, 0.5) is 5.69 Å². The number of halogens is 1. The predicted octanol–water partition coefficient (Wildman–Crippen LogP) is 2.40. The topological polar surface area (TPSA) is 75.4 Å². The van der Waals surface area contributed by atoms with Crippen LogP contribution in [0.3, 0.4) is 0 Å². The van der Waals surface area contributed by atoms with Crippen LogP contribution in [0.15, 0.2) is 48.5 Å². The highest BCUT2D eigenvalue weighted by atomic mass is 35.5. The zero-order valence-electron chi connectivity index (χ0n) is 12.7. The van der Waals surface area contributed by atoms with Gasteiger partial charge in [0.1, 0.15) is 0 Å². The molecule has 0 bridgehead atoms. The number of rotatable bonds is 4. The van der Waals surface area contributed by atoms with E-state index in [0.717, 1.165) is 16.7 Å². The maximum atomic E-state index is 12.2. The first-order chi connectivity index (χ1) is 10.6. The second-order valence-electron chi connectivity index (χ2n) is 5.71. The van der Waals surface area contributed by atoms with Crippen LogP contribution in [0.25, 0.3) is 0 Å². The molecule has 1 aliphatic rings. The predicted molar refractivity (Wildman–Crippen MR) is 93.5 cm³/mol. The number of anilines is 1. The van der Waals surface area contributed by atoms with E-state index in [2.05, 4.69) is 5.32 Å². The van der Waals surface area contributed by atoms with Gasteiger partial charge in [-0.2, -0.15) is 0 Å². The van der Waals surface area contributed by atoms with E-state index in [1.165, 1.54) is 0 Å². The normalized spacial score (nSPS) is 18.8. The first-order valence-electron chi connectivity index (χ1n) is 7.54. The molecule has 4 nitrogen and oxygen atoms in total. The molecular formula is C18H21ClN2O2. The summed E-state index contributed by atoms with van der Waals surface area (Å²) >= 11 is 0. The van der Waals surface area contributed by atoms with E-state index in [4.69, 9.17) is 5.73 Å². The summed E-state index contributed by atoms with van der Waals surface area (Å²) in [6.45, 7) is 0. The largest absolute Gasteiger partial charge is 0.399 e. The Bertz CT molecular complexity index is 690. The number of amides is 1. The van der Waals surface area contributed by atoms with Gasteiger partial charge >= 0.3 is 0 Å². The molecular weight excluding hydrogens is 312 g/mol. The Morgan fingerprint density at radius 3 is 2.65 bits per heavy atom. The van der Waals surface area contributed by atoms with Crippen molar-refractivity contribution in [3.63, 3.8) is 0 Å². The van der Waals surface area contributed by atoms with Crippen LogP contribution in [-0.2, 0) is 17.6 Å². The molecule has 4 N–H and O–H groups in total. The lowest BCUT2D eigenvalue weighted by atomic mass is 10.1. The molecule has 3 rings (SSSR count). The molecule has 23 heavy (non-hydrogen) atoms. The van der Waals surface area contributed by atoms with E-state index < -0.39 is 6.10 Å². The maximum Gasteiger partial charge on any atom is 0.220 e. The van der Waals surface area contributed by atoms with E-state index >= 15 is 0 Å². The minimum atomic E-state index is -0.553. The standard InChI is InChI=1S/C18H20N2O2.ClH/c19-15-8-4-2-5-12(15)9-10-17(22)20-18-14-7-3-1-6-13(14)11-16(18)21;/h1-8,16,18,21H,9-11,19H2,(H,20,22);1H/t16-,18+;/m1./s1. The SMILES string of the molecule is Cl.Nc1ccccc1CCC(=O)N[C@H]1c2ccccc2C[C@H]1O. The highest BCUT2D eigenvalue weighted by molar-refractivity contribution is 5.85. The van der Waals surface area contributed by atoms with E-state index in [1.54, 1.807) is 0 Å². The van der Waals surface area contributed by atoms with Crippen LogP contribution >= 0.6 is 12.4 Å². The minimum Gasteiger partial charge on any atom is -0.399 e. The van der Waals surface area contributed by atoms with E-state index in [0.29, 0.717) is 24.9 Å². The third-order valence-corrected chi connectivity index (χ3v) is 4.20. The van der Waals surface area contributed by atoms with Crippen molar-refractivity contribution >= 4 is 24.0 Å². The molecule has 0 heterocycles. The summed E-state index contributed by atoms with van der Waals surface area (Å²) in [5, 5.41) is 13.1. The van der Waals surface area contributed by atoms with Gasteiger partial charge in [0.25, 0.3) is 0 Å². The van der Waals surface area contributed by atoms with Crippen LogP contribution < -0.4 is 11.1 Å². The fourth-order valence-corrected chi connectivity index (χ4v) is 3.00. The van der Waals surface area contributed by atoms with Gasteiger partial charge in [-0.3, -0.25) is 4.79 Å². The number of hydrogen-bond acceptors (Lipinski definition) is 3. The lowest BCUT2D eigenvalue weighted by Crippen LogP contribution is -2.34. The monoisotopic (exact) mass is 332 g/mol. The first-order valence-corrected chi connectivity index (χ1v) is 7.54. The molecule has 0 saturated carbocycles. The molecule has 2 aromatic rings. The molecule has 2 atom stereocenters. The van der Waals surface area contributed by atoms with Crippen molar-refractivity contribution in [2.24, 2.45) is 0 Å². The summed E-state index contributed by atoms with van der Waals surface area (Å²) in [4.78, 5) is 12.2. The lowest BCUT2D eigenvalue weighted by Gasteiger charge is -2.18. The van der Waals surface area contributed by atoms with Crippen LogP contribution in [-0.4, -0.2) is 17.1 Å². The van der Waals surface area contributed by atoms with Gasteiger partial charge in [0.15, 0.2) is 0 Å². The van der Waals surface area contributed by atoms with Crippen LogP contribution in [0.1, 0.15) is 29.2 Å². The van der Waals surface area contributed by atoms with Gasteiger partial charge < -0.3 is 16.2 Å². The number of carbonyl (C=O) groups is 1. The Hall–Kier alpha value is -2.04. The summed E-state index contributed by atoms with van der Waals surface area (Å²) < 4.78 is 0. The summed E-state index contributed by atoms with van der Waals surface area (Å²) in [5.74, 6) is -0.0657. The average molecular weight is 333 g/mol. The molecule has 0 unspecified atom stereocenters. The second-order valence-corrected chi connectivity index (χ2v) is 5.71. The molecule has 0 fully saturated rings. The third kappa shape index (κ3) is 3.84. The van der Waals surface area contributed by atoms with E-state index in [9.17, 15) is 9.90 Å². The number of aliphatic hydroxyl groups excluding tert-OH is 1. The quantitative estimate of drug-likeness (QED) is 0.752. The zero-order valence-corrected chi connectivity index (χ0v) is 13.6. The van der Waals surface area contributed by atoms with Crippen LogP contribution in [0.5, 0.6) is 0 Å². The second kappa shape index (κ2) is 7.49. The molecule has 0 spiro atoms. The van der Waals surface area contributed by atoms with Gasteiger partial charge in [0, 0.05) is 18.5 Å². The van der Waals surface area contributed by atoms with Gasteiger partial charge in [-0.1, -0.05) is 42.5 Å². The van der Waals surface area contributed by atoms with Gasteiger partial charge in [-0.25, -0.2) is 0 Å². The Balaban J connectivity index is 0.00000192. The lowest BCUT2D eigenvalue weighted by molar-refractivity contribution is -0.122. The Morgan fingerprint density at radius 2 is 1.87 bits per heavy atom. The molecule has 0 radical (unpaired) electrons. The van der Waals surface area contributed by atoms with E-state index in [-0.39, 0.29) is 24.4 Å². The zero-order chi connectivity index (χ0) is 15.5. The summed E-state index contributed by atoms with van der Waals surface area (Å²) in [6, 6.07) is 15.1. The molecule has 5 heteroatoms. The minimum absolute atomic E-state index is 0.